The molecule has 1 heterocycles. The Morgan fingerprint density at radius 1 is 1.24 bits per heavy atom. The van der Waals surface area contributed by atoms with E-state index in [0.717, 1.165) is 17.0 Å². The summed E-state index contributed by atoms with van der Waals surface area (Å²) in [6, 6.07) is 9.67. The van der Waals surface area contributed by atoms with Crippen LogP contribution < -0.4 is 10.7 Å². The van der Waals surface area contributed by atoms with Crippen molar-refractivity contribution in [3.8, 4) is 0 Å². The van der Waals surface area contributed by atoms with Gasteiger partial charge in [0.1, 0.15) is 11.5 Å². The average Bonchev–Trinajstić information content (AvgIpc) is 2.83. The highest BCUT2D eigenvalue weighted by atomic mass is 16.3. The summed E-state index contributed by atoms with van der Waals surface area (Å²) in [5, 5.41) is 6.93. The van der Waals surface area contributed by atoms with Gasteiger partial charge in [0.2, 0.25) is 0 Å². The fraction of sp³-hybridized carbons (Fsp3) is 0.250. The van der Waals surface area contributed by atoms with Gasteiger partial charge in [-0.25, -0.2) is 5.43 Å². The van der Waals surface area contributed by atoms with E-state index in [1.54, 1.807) is 6.07 Å². The number of carbonyl (C=O) groups is 1. The minimum atomic E-state index is -0.213. The van der Waals surface area contributed by atoms with Crippen LogP contribution in [0.25, 0.3) is 0 Å². The molecule has 1 aromatic heterocycles. The molecule has 0 saturated carbocycles. The molecular formula is C16H19N3O2. The molecule has 110 valence electrons. The lowest BCUT2D eigenvalue weighted by Crippen LogP contribution is -2.26. The molecule has 2 aromatic rings. The maximum Gasteiger partial charge on any atom is 0.259 e. The lowest BCUT2D eigenvalue weighted by molar-refractivity contribution is -0.119. The Morgan fingerprint density at radius 3 is 2.71 bits per heavy atom. The number of hydrogen-bond acceptors (Lipinski definition) is 4. The third-order valence-corrected chi connectivity index (χ3v) is 2.96. The number of carbonyl (C=O) groups excluding carboxylic acids is 1. The van der Waals surface area contributed by atoms with E-state index in [0.29, 0.717) is 5.76 Å². The Bertz CT molecular complexity index is 659. The molecule has 5 nitrogen and oxygen atoms in total. The third kappa shape index (κ3) is 4.49. The first-order chi connectivity index (χ1) is 10.0. The molecule has 0 aliphatic heterocycles. The quantitative estimate of drug-likeness (QED) is 0.655. The standard InChI is InChI=1S/C16H19N3O2/c1-11-4-7-15(12(2)8-11)17-10-16(20)19-18-9-14-6-5-13(3)21-14/h4-9,17H,10H2,1-3H3,(H,19,20)/b18-9+. The van der Waals surface area contributed by atoms with Gasteiger partial charge in [0.05, 0.1) is 12.8 Å². The van der Waals surface area contributed by atoms with E-state index < -0.39 is 0 Å². The van der Waals surface area contributed by atoms with Crippen molar-refractivity contribution in [3.05, 3.63) is 53.0 Å². The number of anilines is 1. The fourth-order valence-corrected chi connectivity index (χ4v) is 1.92. The maximum absolute atomic E-state index is 11.7. The Labute approximate surface area is 124 Å². The Kier molecular flexibility index (Phi) is 4.77. The first kappa shape index (κ1) is 14.8. The van der Waals surface area contributed by atoms with Crippen LogP contribution in [0.1, 0.15) is 22.6 Å². The van der Waals surface area contributed by atoms with Gasteiger partial charge in [0.25, 0.3) is 5.91 Å². The summed E-state index contributed by atoms with van der Waals surface area (Å²) in [6.07, 6.45) is 1.47. The smallest absolute Gasteiger partial charge is 0.259 e. The minimum absolute atomic E-state index is 0.165. The summed E-state index contributed by atoms with van der Waals surface area (Å²) in [4.78, 5) is 11.7. The molecule has 1 aromatic carbocycles. The van der Waals surface area contributed by atoms with Crippen molar-refractivity contribution in [1.82, 2.24) is 5.43 Å². The first-order valence-electron chi connectivity index (χ1n) is 6.74. The topological polar surface area (TPSA) is 66.6 Å². The number of rotatable bonds is 5. The van der Waals surface area contributed by atoms with Crippen LogP contribution in [0.4, 0.5) is 5.69 Å². The number of aryl methyl sites for hydroxylation is 3. The van der Waals surface area contributed by atoms with Crippen molar-refractivity contribution in [2.45, 2.75) is 20.8 Å². The summed E-state index contributed by atoms with van der Waals surface area (Å²) in [5.41, 5.74) is 5.70. The molecule has 2 rings (SSSR count). The van der Waals surface area contributed by atoms with E-state index in [1.807, 2.05) is 39.0 Å². The SMILES string of the molecule is Cc1ccc(NCC(=O)N/N=C/c2ccc(C)o2)c(C)c1. The van der Waals surface area contributed by atoms with Crippen molar-refractivity contribution in [2.24, 2.45) is 5.10 Å². The zero-order valence-corrected chi connectivity index (χ0v) is 12.4. The van der Waals surface area contributed by atoms with E-state index in [4.69, 9.17) is 4.42 Å². The molecule has 2 N–H and O–H groups in total. The molecular weight excluding hydrogens is 266 g/mol. The average molecular weight is 285 g/mol. The lowest BCUT2D eigenvalue weighted by Gasteiger charge is -2.09. The van der Waals surface area contributed by atoms with Crippen LogP contribution in [0.2, 0.25) is 0 Å². The van der Waals surface area contributed by atoms with Crippen LogP contribution in [-0.2, 0) is 4.79 Å². The minimum Gasteiger partial charge on any atom is -0.460 e. The van der Waals surface area contributed by atoms with Gasteiger partial charge in [-0.05, 0) is 44.5 Å². The zero-order valence-electron chi connectivity index (χ0n) is 12.4. The van der Waals surface area contributed by atoms with Crippen LogP contribution in [0, 0.1) is 20.8 Å². The second kappa shape index (κ2) is 6.74. The molecule has 0 aliphatic rings. The van der Waals surface area contributed by atoms with Crippen LogP contribution in [0.3, 0.4) is 0 Å². The summed E-state index contributed by atoms with van der Waals surface area (Å²) >= 11 is 0. The summed E-state index contributed by atoms with van der Waals surface area (Å²) in [5.74, 6) is 1.20. The predicted octanol–water partition coefficient (Wildman–Crippen LogP) is 2.77. The second-order valence-corrected chi connectivity index (χ2v) is 4.91. The van der Waals surface area contributed by atoms with Crippen LogP contribution in [-0.4, -0.2) is 18.7 Å². The van der Waals surface area contributed by atoms with Crippen LogP contribution in [0.5, 0.6) is 0 Å². The summed E-state index contributed by atoms with van der Waals surface area (Å²) < 4.78 is 5.31. The normalized spacial score (nSPS) is 10.8. The van der Waals surface area contributed by atoms with Gasteiger partial charge in [-0.3, -0.25) is 4.79 Å². The van der Waals surface area contributed by atoms with Crippen molar-refractivity contribution < 1.29 is 9.21 Å². The Hall–Kier alpha value is -2.56. The molecule has 0 saturated heterocycles. The van der Waals surface area contributed by atoms with Gasteiger partial charge in [-0.15, -0.1) is 0 Å². The second-order valence-electron chi connectivity index (χ2n) is 4.91. The van der Waals surface area contributed by atoms with Crippen LogP contribution >= 0.6 is 0 Å². The monoisotopic (exact) mass is 285 g/mol. The highest BCUT2D eigenvalue weighted by Crippen LogP contribution is 2.15. The highest BCUT2D eigenvalue weighted by molar-refractivity contribution is 5.83. The van der Waals surface area contributed by atoms with E-state index in [-0.39, 0.29) is 12.5 Å². The Morgan fingerprint density at radius 2 is 2.05 bits per heavy atom. The molecule has 0 atom stereocenters. The molecule has 0 spiro atoms. The number of benzene rings is 1. The number of nitrogens with one attached hydrogen (secondary N) is 2. The van der Waals surface area contributed by atoms with E-state index >= 15 is 0 Å². The molecule has 21 heavy (non-hydrogen) atoms. The number of hydrazone groups is 1. The number of amides is 1. The molecule has 0 radical (unpaired) electrons. The van der Waals surface area contributed by atoms with Crippen LogP contribution in [0.15, 0.2) is 39.9 Å². The van der Waals surface area contributed by atoms with Crippen molar-refractivity contribution >= 4 is 17.8 Å². The predicted molar refractivity (Wildman–Crippen MR) is 83.6 cm³/mol. The fourth-order valence-electron chi connectivity index (χ4n) is 1.92. The van der Waals surface area contributed by atoms with E-state index in [1.165, 1.54) is 11.8 Å². The molecule has 0 aliphatic carbocycles. The third-order valence-electron chi connectivity index (χ3n) is 2.96. The zero-order chi connectivity index (χ0) is 15.2. The maximum atomic E-state index is 11.7. The number of hydrogen-bond donors (Lipinski definition) is 2. The molecule has 0 bridgehead atoms. The Balaban J connectivity index is 1.81. The van der Waals surface area contributed by atoms with Gasteiger partial charge < -0.3 is 9.73 Å². The van der Waals surface area contributed by atoms with E-state index in [2.05, 4.69) is 21.9 Å². The van der Waals surface area contributed by atoms with Gasteiger partial charge in [-0.1, -0.05) is 17.7 Å². The van der Waals surface area contributed by atoms with Crippen molar-refractivity contribution in [1.29, 1.82) is 0 Å². The lowest BCUT2D eigenvalue weighted by atomic mass is 10.1. The van der Waals surface area contributed by atoms with Crippen molar-refractivity contribution in [2.75, 3.05) is 11.9 Å². The highest BCUT2D eigenvalue weighted by Gasteiger charge is 2.02. The number of nitrogens with zero attached hydrogens (tertiary/aromatic N) is 1. The number of furan rings is 1. The molecule has 5 heteroatoms. The molecule has 0 fully saturated rings. The van der Waals surface area contributed by atoms with Gasteiger partial charge in [0.15, 0.2) is 0 Å². The molecule has 0 unspecified atom stereocenters. The largest absolute Gasteiger partial charge is 0.460 e. The van der Waals surface area contributed by atoms with Gasteiger partial charge in [-0.2, -0.15) is 5.10 Å². The first-order valence-corrected chi connectivity index (χ1v) is 6.74. The van der Waals surface area contributed by atoms with E-state index in [9.17, 15) is 4.79 Å². The van der Waals surface area contributed by atoms with Crippen molar-refractivity contribution in [3.63, 3.8) is 0 Å². The summed E-state index contributed by atoms with van der Waals surface area (Å²) in [7, 11) is 0. The summed E-state index contributed by atoms with van der Waals surface area (Å²) in [6.45, 7) is 6.06. The van der Waals surface area contributed by atoms with Gasteiger partial charge >= 0.3 is 0 Å². The molecule has 1 amide bonds. The van der Waals surface area contributed by atoms with Gasteiger partial charge in [0, 0.05) is 5.69 Å².